The Morgan fingerprint density at radius 3 is 1.25 bits per heavy atom. The lowest BCUT2D eigenvalue weighted by molar-refractivity contribution is -0.302. The Hall–Kier alpha value is -1.59. The molecule has 0 aromatic heterocycles. The summed E-state index contributed by atoms with van der Waals surface area (Å²) in [7, 11) is 0. The Morgan fingerprint density at radius 1 is 0.493 bits per heavy atom. The molecule has 1 saturated heterocycles. The van der Waals surface area contributed by atoms with Crippen LogP contribution in [0.3, 0.4) is 0 Å². The fourth-order valence-corrected chi connectivity index (χ4v) is 9.13. The highest BCUT2D eigenvalue weighted by atomic mass is 16.7. The molecule has 1 fully saturated rings. The van der Waals surface area contributed by atoms with E-state index in [4.69, 9.17) is 9.47 Å². The number of ether oxygens (including phenoxy) is 2. The van der Waals surface area contributed by atoms with Crippen molar-refractivity contribution in [3.8, 4) is 0 Å². The van der Waals surface area contributed by atoms with Crippen molar-refractivity contribution in [1.82, 2.24) is 5.32 Å². The third-order valence-electron chi connectivity index (χ3n) is 13.7. The van der Waals surface area contributed by atoms with Crippen LogP contribution in [0.15, 0.2) is 36.5 Å². The minimum Gasteiger partial charge on any atom is -0.394 e. The Kier molecular flexibility index (Phi) is 45.5. The van der Waals surface area contributed by atoms with E-state index in [2.05, 4.69) is 43.5 Å². The van der Waals surface area contributed by atoms with Crippen molar-refractivity contribution >= 4 is 5.91 Å². The summed E-state index contributed by atoms with van der Waals surface area (Å²) in [5.74, 6) is -0.187. The van der Waals surface area contributed by atoms with Crippen molar-refractivity contribution in [2.24, 2.45) is 0 Å². The van der Waals surface area contributed by atoms with E-state index in [1.165, 1.54) is 199 Å². The molecule has 7 atom stereocenters. The van der Waals surface area contributed by atoms with Crippen LogP contribution in [-0.2, 0) is 14.3 Å². The molecule has 1 aliphatic rings. The first-order chi connectivity index (χ1) is 32.8. The second-order valence-electron chi connectivity index (χ2n) is 20.1. The topological polar surface area (TPSA) is 149 Å². The average Bonchev–Trinajstić information content (AvgIpc) is 3.33. The molecule has 0 saturated carbocycles. The predicted molar refractivity (Wildman–Crippen MR) is 281 cm³/mol. The van der Waals surface area contributed by atoms with Crippen LogP contribution in [0, 0.1) is 0 Å². The number of carbonyl (C=O) groups excluding carboxylic acids is 1. The molecule has 1 rings (SSSR count). The Bertz CT molecular complexity index is 1150. The lowest BCUT2D eigenvalue weighted by Crippen LogP contribution is -2.60. The number of unbranched alkanes of at least 4 members (excludes halogenated alkanes) is 35. The molecule has 9 heteroatoms. The number of hydrogen-bond acceptors (Lipinski definition) is 8. The first kappa shape index (κ1) is 63.4. The van der Waals surface area contributed by atoms with Crippen molar-refractivity contribution in [1.29, 1.82) is 0 Å². The van der Waals surface area contributed by atoms with Crippen LogP contribution in [0.5, 0.6) is 0 Å². The summed E-state index contributed by atoms with van der Waals surface area (Å²) < 4.78 is 11.2. The van der Waals surface area contributed by atoms with Gasteiger partial charge in [-0.2, -0.15) is 0 Å². The fraction of sp³-hybridized carbons (Fsp3) is 0.879. The maximum atomic E-state index is 13.0. The lowest BCUT2D eigenvalue weighted by Gasteiger charge is -2.40. The predicted octanol–water partition coefficient (Wildman–Crippen LogP) is 14.0. The van der Waals surface area contributed by atoms with Crippen LogP contribution in [0.4, 0.5) is 0 Å². The summed E-state index contributed by atoms with van der Waals surface area (Å²) in [4.78, 5) is 13.0. The second-order valence-corrected chi connectivity index (χ2v) is 20.1. The maximum Gasteiger partial charge on any atom is 0.220 e. The molecule has 9 nitrogen and oxygen atoms in total. The summed E-state index contributed by atoms with van der Waals surface area (Å²) in [6.45, 7) is 3.74. The van der Waals surface area contributed by atoms with Gasteiger partial charge in [-0.15, -0.1) is 0 Å². The van der Waals surface area contributed by atoms with E-state index in [-0.39, 0.29) is 12.5 Å². The van der Waals surface area contributed by atoms with Crippen LogP contribution in [0.2, 0.25) is 0 Å². The fourth-order valence-electron chi connectivity index (χ4n) is 9.13. The van der Waals surface area contributed by atoms with E-state index < -0.39 is 49.5 Å². The molecule has 1 aliphatic heterocycles. The summed E-state index contributed by atoms with van der Waals surface area (Å²) >= 11 is 0. The zero-order chi connectivity index (χ0) is 48.7. The largest absolute Gasteiger partial charge is 0.394 e. The van der Waals surface area contributed by atoms with Crippen LogP contribution in [-0.4, -0.2) is 87.5 Å². The summed E-state index contributed by atoms with van der Waals surface area (Å²) in [6, 6.07) is -0.825. The van der Waals surface area contributed by atoms with E-state index in [9.17, 15) is 30.3 Å². The Labute approximate surface area is 412 Å². The van der Waals surface area contributed by atoms with Crippen LogP contribution in [0.1, 0.15) is 271 Å². The number of aliphatic hydroxyl groups excluding tert-OH is 5. The number of hydrogen-bond donors (Lipinski definition) is 6. The SMILES string of the molecule is CCCCC/C=C/CC/C=C/CC/C=C/C(O)C(COC1OC(CO)C(O)C(O)C1O)NC(=O)CCCCCCCCCCCCCCCCCCCCCCCCCCCCCCCCC. The third-order valence-corrected chi connectivity index (χ3v) is 13.7. The summed E-state index contributed by atoms with van der Waals surface area (Å²) in [5, 5.41) is 54.3. The van der Waals surface area contributed by atoms with Crippen molar-refractivity contribution in [3.05, 3.63) is 36.5 Å². The molecule has 0 bridgehead atoms. The highest BCUT2D eigenvalue weighted by Gasteiger charge is 2.44. The molecule has 0 aromatic rings. The Balaban J connectivity index is 2.13. The van der Waals surface area contributed by atoms with Crippen LogP contribution in [0.25, 0.3) is 0 Å². The van der Waals surface area contributed by atoms with Gasteiger partial charge in [-0.05, 0) is 44.9 Å². The smallest absolute Gasteiger partial charge is 0.220 e. The van der Waals surface area contributed by atoms with Gasteiger partial charge in [-0.3, -0.25) is 4.79 Å². The van der Waals surface area contributed by atoms with Crippen molar-refractivity contribution < 1.29 is 39.8 Å². The molecule has 394 valence electrons. The summed E-state index contributed by atoms with van der Waals surface area (Å²) in [6.07, 6.45) is 55.2. The normalized spacial score (nSPS) is 19.9. The van der Waals surface area contributed by atoms with Crippen molar-refractivity contribution in [2.75, 3.05) is 13.2 Å². The van der Waals surface area contributed by atoms with Crippen molar-refractivity contribution in [3.63, 3.8) is 0 Å². The van der Waals surface area contributed by atoms with Gasteiger partial charge in [-0.25, -0.2) is 0 Å². The summed E-state index contributed by atoms with van der Waals surface area (Å²) in [5.41, 5.74) is 0. The number of aliphatic hydroxyl groups is 5. The number of nitrogens with one attached hydrogen (secondary N) is 1. The van der Waals surface area contributed by atoms with E-state index in [0.29, 0.717) is 6.42 Å². The zero-order valence-electron chi connectivity index (χ0n) is 43.7. The molecule has 1 amide bonds. The molecular formula is C58H109NO8. The number of amides is 1. The van der Waals surface area contributed by atoms with Gasteiger partial charge in [-0.1, -0.05) is 256 Å². The van der Waals surface area contributed by atoms with Gasteiger partial charge in [0.25, 0.3) is 0 Å². The molecule has 7 unspecified atom stereocenters. The lowest BCUT2D eigenvalue weighted by atomic mass is 9.99. The minimum absolute atomic E-state index is 0.187. The first-order valence-corrected chi connectivity index (χ1v) is 28.7. The molecule has 0 aliphatic carbocycles. The minimum atomic E-state index is -1.57. The van der Waals surface area contributed by atoms with Crippen molar-refractivity contribution in [2.45, 2.75) is 314 Å². The van der Waals surface area contributed by atoms with E-state index in [1.807, 2.05) is 6.08 Å². The molecule has 6 N–H and O–H groups in total. The molecular weight excluding hydrogens is 839 g/mol. The molecule has 0 radical (unpaired) electrons. The maximum absolute atomic E-state index is 13.0. The van der Waals surface area contributed by atoms with Gasteiger partial charge >= 0.3 is 0 Å². The average molecular weight is 949 g/mol. The quantitative estimate of drug-likeness (QED) is 0.0261. The molecule has 0 spiro atoms. The molecule has 67 heavy (non-hydrogen) atoms. The van der Waals surface area contributed by atoms with Gasteiger partial charge in [0.2, 0.25) is 5.91 Å². The van der Waals surface area contributed by atoms with Crippen LogP contribution < -0.4 is 5.32 Å². The standard InChI is InChI=1S/C58H109NO8/c1-3-5-7-9-11-13-15-17-18-19-20-21-22-23-24-25-26-27-28-29-30-31-32-33-34-36-38-40-42-44-46-48-54(62)59-51(50-66-58-57(65)56(64)55(63)53(49-60)67-58)52(61)47-45-43-41-39-37-35-16-14-12-10-8-6-4-2/h12,14,37,39,45,47,51-53,55-58,60-61,63-65H,3-11,13,15-36,38,40-44,46,48-50H2,1-2H3,(H,59,62)/b14-12+,39-37+,47-45+. The molecule has 1 heterocycles. The van der Waals surface area contributed by atoms with E-state index in [0.717, 1.165) is 51.4 Å². The van der Waals surface area contributed by atoms with Gasteiger partial charge in [0, 0.05) is 6.42 Å². The number of rotatable bonds is 49. The first-order valence-electron chi connectivity index (χ1n) is 28.7. The van der Waals surface area contributed by atoms with Crippen LogP contribution >= 0.6 is 0 Å². The zero-order valence-corrected chi connectivity index (χ0v) is 43.7. The Morgan fingerprint density at radius 2 is 0.851 bits per heavy atom. The highest BCUT2D eigenvalue weighted by Crippen LogP contribution is 2.23. The van der Waals surface area contributed by atoms with Gasteiger partial charge < -0.3 is 40.3 Å². The van der Waals surface area contributed by atoms with E-state index in [1.54, 1.807) is 6.08 Å². The number of carbonyl (C=O) groups is 1. The number of allylic oxidation sites excluding steroid dienone is 5. The molecule has 0 aromatic carbocycles. The second kappa shape index (κ2) is 48.1. The van der Waals surface area contributed by atoms with Gasteiger partial charge in [0.15, 0.2) is 6.29 Å². The van der Waals surface area contributed by atoms with Gasteiger partial charge in [0.05, 0.1) is 25.4 Å². The van der Waals surface area contributed by atoms with Gasteiger partial charge in [0.1, 0.15) is 24.4 Å². The highest BCUT2D eigenvalue weighted by molar-refractivity contribution is 5.76. The van der Waals surface area contributed by atoms with E-state index >= 15 is 0 Å². The monoisotopic (exact) mass is 948 g/mol. The third kappa shape index (κ3) is 37.9.